The van der Waals surface area contributed by atoms with Crippen molar-refractivity contribution in [1.29, 1.82) is 0 Å². The molecule has 0 fully saturated rings. The van der Waals surface area contributed by atoms with Crippen LogP contribution in [0.15, 0.2) is 18.3 Å². The van der Waals surface area contributed by atoms with Gasteiger partial charge >= 0.3 is 6.01 Å². The molecule has 2 rings (SSSR count). The molecule has 0 aliphatic heterocycles. The van der Waals surface area contributed by atoms with E-state index in [1.807, 2.05) is 19.9 Å². The third-order valence-corrected chi connectivity index (χ3v) is 3.37. The first-order valence-corrected chi connectivity index (χ1v) is 7.23. The number of methoxy groups -OCH3 is 1. The lowest BCUT2D eigenvalue weighted by Crippen LogP contribution is -2.24. The highest BCUT2D eigenvalue weighted by Crippen LogP contribution is 2.24. The molecule has 0 spiro atoms. The second kappa shape index (κ2) is 6.68. The average molecular weight is 302 g/mol. The molecule has 0 N–H and O–H groups in total. The van der Waals surface area contributed by atoms with Gasteiger partial charge in [-0.25, -0.2) is 15.0 Å². The Bertz CT molecular complexity index is 644. The summed E-state index contributed by atoms with van der Waals surface area (Å²) >= 11 is 0. The normalized spacial score (nSPS) is 11.3. The van der Waals surface area contributed by atoms with E-state index < -0.39 is 0 Å². The Morgan fingerprint density at radius 1 is 1.09 bits per heavy atom. The van der Waals surface area contributed by atoms with Crippen LogP contribution in [-0.4, -0.2) is 33.7 Å². The van der Waals surface area contributed by atoms with Crippen LogP contribution >= 0.6 is 0 Å². The van der Waals surface area contributed by atoms with Crippen LogP contribution in [0.4, 0.5) is 0 Å². The van der Waals surface area contributed by atoms with E-state index >= 15 is 0 Å². The molecule has 0 bridgehead atoms. The van der Waals surface area contributed by atoms with Crippen LogP contribution in [0.3, 0.4) is 0 Å². The number of rotatable bonds is 6. The summed E-state index contributed by atoms with van der Waals surface area (Å²) in [6.45, 7) is 8.58. The standard InChI is InChI=1S/C16H22N4O2/c1-11-6-8-17-14(18-11)16(3,4)7-9-22-13-10-12(2)19-15(20-13)21-5/h6,8,10H,7,9H2,1-5H3. The van der Waals surface area contributed by atoms with Crippen molar-refractivity contribution in [1.82, 2.24) is 19.9 Å². The molecule has 0 aliphatic rings. The zero-order valence-corrected chi connectivity index (χ0v) is 13.8. The van der Waals surface area contributed by atoms with Crippen molar-refractivity contribution in [3.63, 3.8) is 0 Å². The molecular formula is C16H22N4O2. The maximum atomic E-state index is 5.73. The van der Waals surface area contributed by atoms with Crippen molar-refractivity contribution < 1.29 is 9.47 Å². The van der Waals surface area contributed by atoms with Crippen molar-refractivity contribution in [3.05, 3.63) is 35.5 Å². The van der Waals surface area contributed by atoms with Gasteiger partial charge in [0.25, 0.3) is 0 Å². The summed E-state index contributed by atoms with van der Waals surface area (Å²) in [4.78, 5) is 17.2. The minimum atomic E-state index is -0.168. The zero-order valence-electron chi connectivity index (χ0n) is 13.8. The van der Waals surface area contributed by atoms with Gasteiger partial charge in [0.1, 0.15) is 5.82 Å². The van der Waals surface area contributed by atoms with Crippen molar-refractivity contribution >= 4 is 0 Å². The molecular weight excluding hydrogens is 280 g/mol. The number of aromatic nitrogens is 4. The molecule has 0 amide bonds. The Morgan fingerprint density at radius 2 is 1.86 bits per heavy atom. The van der Waals surface area contributed by atoms with Crippen LogP contribution in [0.1, 0.15) is 37.5 Å². The molecule has 0 atom stereocenters. The van der Waals surface area contributed by atoms with Crippen LogP contribution < -0.4 is 9.47 Å². The summed E-state index contributed by atoms with van der Waals surface area (Å²) in [5.74, 6) is 1.35. The number of hydrogen-bond donors (Lipinski definition) is 0. The summed E-state index contributed by atoms with van der Waals surface area (Å²) in [5, 5.41) is 0. The number of aryl methyl sites for hydroxylation is 2. The lowest BCUT2D eigenvalue weighted by molar-refractivity contribution is 0.254. The average Bonchev–Trinajstić information content (AvgIpc) is 2.46. The van der Waals surface area contributed by atoms with Gasteiger partial charge in [0, 0.05) is 29.1 Å². The van der Waals surface area contributed by atoms with Crippen molar-refractivity contribution in [3.8, 4) is 11.9 Å². The van der Waals surface area contributed by atoms with Gasteiger partial charge in [-0.1, -0.05) is 13.8 Å². The van der Waals surface area contributed by atoms with E-state index in [2.05, 4.69) is 33.8 Å². The Hall–Kier alpha value is -2.24. The Labute approximate surface area is 131 Å². The summed E-state index contributed by atoms with van der Waals surface area (Å²) in [5.41, 5.74) is 1.61. The molecule has 0 saturated carbocycles. The van der Waals surface area contributed by atoms with Gasteiger partial charge in [0.05, 0.1) is 13.7 Å². The van der Waals surface area contributed by atoms with E-state index in [-0.39, 0.29) is 5.41 Å². The van der Waals surface area contributed by atoms with Gasteiger partial charge in [-0.2, -0.15) is 4.98 Å². The minimum absolute atomic E-state index is 0.168. The number of ether oxygens (including phenoxy) is 2. The summed E-state index contributed by atoms with van der Waals surface area (Å²) in [6, 6.07) is 4.00. The second-order valence-electron chi connectivity index (χ2n) is 5.84. The molecule has 2 aromatic rings. The third kappa shape index (κ3) is 4.13. The maximum absolute atomic E-state index is 5.73. The molecule has 6 nitrogen and oxygen atoms in total. The molecule has 0 aliphatic carbocycles. The molecule has 2 aromatic heterocycles. The minimum Gasteiger partial charge on any atom is -0.477 e. The smallest absolute Gasteiger partial charge is 0.319 e. The first kappa shape index (κ1) is 16.1. The Morgan fingerprint density at radius 3 is 2.55 bits per heavy atom. The summed E-state index contributed by atoms with van der Waals surface area (Å²) in [7, 11) is 1.54. The molecule has 0 aromatic carbocycles. The zero-order chi connectivity index (χ0) is 16.2. The third-order valence-electron chi connectivity index (χ3n) is 3.37. The monoisotopic (exact) mass is 302 g/mol. The second-order valence-corrected chi connectivity index (χ2v) is 5.84. The number of nitrogens with zero attached hydrogens (tertiary/aromatic N) is 4. The Kier molecular flexibility index (Phi) is 4.90. The lowest BCUT2D eigenvalue weighted by Gasteiger charge is -2.23. The highest BCUT2D eigenvalue weighted by atomic mass is 16.5. The molecule has 0 saturated heterocycles. The molecule has 0 unspecified atom stereocenters. The van der Waals surface area contributed by atoms with Gasteiger partial charge in [-0.3, -0.25) is 0 Å². The predicted octanol–water partition coefficient (Wildman–Crippen LogP) is 2.64. The molecule has 0 radical (unpaired) electrons. The molecule has 6 heteroatoms. The van der Waals surface area contributed by atoms with Gasteiger partial charge in [-0.15, -0.1) is 0 Å². The molecule has 118 valence electrons. The van der Waals surface area contributed by atoms with E-state index in [0.29, 0.717) is 18.5 Å². The van der Waals surface area contributed by atoms with Gasteiger partial charge in [0.2, 0.25) is 5.88 Å². The van der Waals surface area contributed by atoms with E-state index in [9.17, 15) is 0 Å². The quantitative estimate of drug-likeness (QED) is 0.817. The lowest BCUT2D eigenvalue weighted by atomic mass is 9.88. The van der Waals surface area contributed by atoms with E-state index in [1.54, 1.807) is 12.3 Å². The largest absolute Gasteiger partial charge is 0.477 e. The van der Waals surface area contributed by atoms with Gasteiger partial charge < -0.3 is 9.47 Å². The fourth-order valence-corrected chi connectivity index (χ4v) is 1.98. The first-order valence-electron chi connectivity index (χ1n) is 7.23. The summed E-state index contributed by atoms with van der Waals surface area (Å²) < 4.78 is 10.8. The van der Waals surface area contributed by atoms with Crippen molar-refractivity contribution in [2.45, 2.75) is 39.5 Å². The van der Waals surface area contributed by atoms with Crippen molar-refractivity contribution in [2.24, 2.45) is 0 Å². The van der Waals surface area contributed by atoms with Crippen molar-refractivity contribution in [2.75, 3.05) is 13.7 Å². The highest BCUT2D eigenvalue weighted by molar-refractivity contribution is 5.17. The van der Waals surface area contributed by atoms with Gasteiger partial charge in [0.15, 0.2) is 0 Å². The number of hydrogen-bond acceptors (Lipinski definition) is 6. The predicted molar refractivity (Wildman–Crippen MR) is 83.2 cm³/mol. The van der Waals surface area contributed by atoms with E-state index in [0.717, 1.165) is 23.6 Å². The van der Waals surface area contributed by atoms with E-state index in [1.165, 1.54) is 7.11 Å². The van der Waals surface area contributed by atoms with Gasteiger partial charge in [-0.05, 0) is 26.3 Å². The SMILES string of the molecule is COc1nc(C)cc(OCCC(C)(C)c2nccc(C)n2)n1. The molecule has 2 heterocycles. The van der Waals surface area contributed by atoms with E-state index in [4.69, 9.17) is 9.47 Å². The Balaban J connectivity index is 1.99. The fraction of sp³-hybridized carbons (Fsp3) is 0.500. The van der Waals surface area contributed by atoms with Crippen LogP contribution in [0, 0.1) is 13.8 Å². The topological polar surface area (TPSA) is 70.0 Å². The highest BCUT2D eigenvalue weighted by Gasteiger charge is 2.24. The van der Waals surface area contributed by atoms with Crippen LogP contribution in [-0.2, 0) is 5.41 Å². The van der Waals surface area contributed by atoms with Crippen LogP contribution in [0.25, 0.3) is 0 Å². The molecule has 22 heavy (non-hydrogen) atoms. The maximum Gasteiger partial charge on any atom is 0.319 e. The fourth-order valence-electron chi connectivity index (χ4n) is 1.98. The summed E-state index contributed by atoms with van der Waals surface area (Å²) in [6.07, 6.45) is 2.57. The van der Waals surface area contributed by atoms with Crippen LogP contribution in [0.5, 0.6) is 11.9 Å². The van der Waals surface area contributed by atoms with Crippen LogP contribution in [0.2, 0.25) is 0 Å². The first-order chi connectivity index (χ1) is 10.4.